The number of hydrogen-bond acceptors (Lipinski definition) is 5. The second-order valence-electron chi connectivity index (χ2n) is 4.24. The van der Waals surface area contributed by atoms with Crippen LogP contribution >= 0.6 is 0 Å². The number of rotatable bonds is 3. The predicted molar refractivity (Wildman–Crippen MR) is 56.4 cm³/mol. The first-order valence-electron chi connectivity index (χ1n) is 5.31. The van der Waals surface area contributed by atoms with Crippen LogP contribution in [0.1, 0.15) is 20.3 Å². The van der Waals surface area contributed by atoms with Gasteiger partial charge < -0.3 is 20.5 Å². The van der Waals surface area contributed by atoms with Crippen LogP contribution in [0.15, 0.2) is 0 Å². The monoisotopic (exact) mass is 230 g/mol. The van der Waals surface area contributed by atoms with Crippen molar-refractivity contribution in [3.8, 4) is 0 Å². The topological polar surface area (TPSA) is 92.9 Å². The number of likely N-dealkylation sites (tertiary alicyclic amines) is 1. The van der Waals surface area contributed by atoms with Crippen molar-refractivity contribution < 1.29 is 19.4 Å². The van der Waals surface area contributed by atoms with Gasteiger partial charge in [0.15, 0.2) is 6.04 Å². The Balaban J connectivity index is 2.55. The molecule has 2 atom stereocenters. The summed E-state index contributed by atoms with van der Waals surface area (Å²) in [6.07, 6.45) is 0.494. The first kappa shape index (κ1) is 12.9. The number of hydrogen-bond donors (Lipinski definition) is 2. The quantitative estimate of drug-likeness (QED) is 0.472. The lowest BCUT2D eigenvalue weighted by Crippen LogP contribution is -2.49. The predicted octanol–water partition coefficient (Wildman–Crippen LogP) is -1.14. The van der Waals surface area contributed by atoms with Gasteiger partial charge in [-0.05, 0) is 20.3 Å². The average molecular weight is 230 g/mol. The third-order valence-electron chi connectivity index (χ3n) is 2.57. The van der Waals surface area contributed by atoms with E-state index < -0.39 is 23.5 Å². The van der Waals surface area contributed by atoms with Crippen molar-refractivity contribution in [1.82, 2.24) is 4.90 Å². The number of amides is 1. The van der Waals surface area contributed by atoms with E-state index in [0.29, 0.717) is 13.0 Å². The summed E-state index contributed by atoms with van der Waals surface area (Å²) in [5.41, 5.74) is 4.58. The number of β-amino-alcohol motifs (C(OH)–C–C–N with tert-alkyl or cyclic N) is 1. The summed E-state index contributed by atoms with van der Waals surface area (Å²) in [5.74, 6) is -1.21. The molecule has 0 bridgehead atoms. The van der Waals surface area contributed by atoms with Gasteiger partial charge in [0.1, 0.15) is 0 Å². The maximum atomic E-state index is 11.7. The fraction of sp³-hybridized carbons (Fsp3) is 0.800. The van der Waals surface area contributed by atoms with Crippen molar-refractivity contribution in [2.45, 2.75) is 31.9 Å². The molecule has 1 aliphatic heterocycles. The van der Waals surface area contributed by atoms with Gasteiger partial charge in [0.2, 0.25) is 0 Å². The first-order valence-corrected chi connectivity index (χ1v) is 5.31. The minimum atomic E-state index is -1.28. The van der Waals surface area contributed by atoms with E-state index in [1.54, 1.807) is 13.8 Å². The molecule has 6 nitrogen and oxygen atoms in total. The van der Waals surface area contributed by atoms with Crippen LogP contribution in [0.3, 0.4) is 0 Å². The van der Waals surface area contributed by atoms with E-state index in [9.17, 15) is 14.7 Å². The minimum Gasteiger partial charge on any atom is -0.464 e. The van der Waals surface area contributed by atoms with Crippen molar-refractivity contribution in [3.05, 3.63) is 0 Å². The van der Waals surface area contributed by atoms with Crippen LogP contribution in [0.25, 0.3) is 0 Å². The van der Waals surface area contributed by atoms with Gasteiger partial charge in [0.25, 0.3) is 5.91 Å². The molecule has 1 saturated heterocycles. The average Bonchev–Trinajstić information content (AvgIpc) is 2.57. The van der Waals surface area contributed by atoms with Crippen LogP contribution in [0, 0.1) is 0 Å². The maximum absolute atomic E-state index is 11.7. The lowest BCUT2D eigenvalue weighted by molar-refractivity contribution is -0.150. The fourth-order valence-electron chi connectivity index (χ4n) is 1.66. The van der Waals surface area contributed by atoms with Crippen molar-refractivity contribution >= 4 is 11.9 Å². The number of esters is 1. The molecule has 0 aromatic carbocycles. The van der Waals surface area contributed by atoms with Gasteiger partial charge in [0.05, 0.1) is 12.2 Å². The largest absolute Gasteiger partial charge is 0.464 e. The van der Waals surface area contributed by atoms with Crippen LogP contribution in [0.2, 0.25) is 0 Å². The Bertz CT molecular complexity index is 291. The number of aliphatic hydroxyl groups is 1. The van der Waals surface area contributed by atoms with Gasteiger partial charge in [-0.2, -0.15) is 0 Å². The Labute approximate surface area is 94.3 Å². The zero-order chi connectivity index (χ0) is 12.3. The van der Waals surface area contributed by atoms with E-state index >= 15 is 0 Å². The van der Waals surface area contributed by atoms with Crippen LogP contribution in [-0.2, 0) is 14.3 Å². The van der Waals surface area contributed by atoms with Crippen LogP contribution in [-0.4, -0.2) is 53.2 Å². The molecule has 1 amide bonds. The van der Waals surface area contributed by atoms with Crippen molar-refractivity contribution in [2.75, 3.05) is 19.7 Å². The Morgan fingerprint density at radius 1 is 1.62 bits per heavy atom. The highest BCUT2D eigenvalue weighted by Gasteiger charge is 2.37. The van der Waals surface area contributed by atoms with Crippen molar-refractivity contribution in [1.29, 1.82) is 0 Å². The molecular formula is C10H18N2O4. The molecule has 0 radical (unpaired) electrons. The molecule has 1 fully saturated rings. The lowest BCUT2D eigenvalue weighted by atomic mass is 10.1. The fourth-order valence-corrected chi connectivity index (χ4v) is 1.66. The second-order valence-corrected chi connectivity index (χ2v) is 4.24. The smallest absolute Gasteiger partial charge is 0.332 e. The summed E-state index contributed by atoms with van der Waals surface area (Å²) in [7, 11) is 0. The van der Waals surface area contributed by atoms with Crippen LogP contribution in [0.5, 0.6) is 0 Å². The van der Waals surface area contributed by atoms with Gasteiger partial charge in [-0.3, -0.25) is 4.79 Å². The van der Waals surface area contributed by atoms with Crippen molar-refractivity contribution in [2.24, 2.45) is 5.73 Å². The molecule has 1 rings (SSSR count). The molecule has 1 heterocycles. The van der Waals surface area contributed by atoms with E-state index in [1.165, 1.54) is 4.90 Å². The van der Waals surface area contributed by atoms with Gasteiger partial charge >= 0.3 is 5.97 Å². The second kappa shape index (κ2) is 4.80. The summed E-state index contributed by atoms with van der Waals surface area (Å²) in [5, 5.41) is 9.69. The summed E-state index contributed by atoms with van der Waals surface area (Å²) in [6.45, 7) is 4.11. The molecule has 92 valence electrons. The lowest BCUT2D eigenvalue weighted by Gasteiger charge is -2.21. The molecule has 16 heavy (non-hydrogen) atoms. The maximum Gasteiger partial charge on any atom is 0.332 e. The molecular weight excluding hydrogens is 212 g/mol. The van der Waals surface area contributed by atoms with Crippen LogP contribution in [0.4, 0.5) is 0 Å². The third kappa shape index (κ3) is 2.93. The molecule has 1 aliphatic rings. The van der Waals surface area contributed by atoms with Gasteiger partial charge in [-0.1, -0.05) is 0 Å². The number of ether oxygens (including phenoxy) is 1. The third-order valence-corrected chi connectivity index (χ3v) is 2.57. The highest BCUT2D eigenvalue weighted by Crippen LogP contribution is 2.20. The molecule has 6 heteroatoms. The number of nitrogens with zero attached hydrogens (tertiary/aromatic N) is 1. The molecule has 3 N–H and O–H groups in total. The Hall–Kier alpha value is -1.14. The van der Waals surface area contributed by atoms with Gasteiger partial charge in [-0.15, -0.1) is 0 Å². The Kier molecular flexibility index (Phi) is 3.88. The molecule has 0 aromatic rings. The molecule has 0 aromatic heterocycles. The molecule has 0 aliphatic carbocycles. The SMILES string of the molecule is CCOC(=O)C(N)C(=O)N1CCC(C)(O)C1. The Morgan fingerprint density at radius 2 is 2.25 bits per heavy atom. The molecule has 2 unspecified atom stereocenters. The van der Waals surface area contributed by atoms with E-state index in [1.807, 2.05) is 0 Å². The summed E-state index contributed by atoms with van der Waals surface area (Å²) < 4.78 is 4.66. The molecule has 0 saturated carbocycles. The zero-order valence-corrected chi connectivity index (χ0v) is 9.60. The highest BCUT2D eigenvalue weighted by atomic mass is 16.5. The number of carbonyl (C=O) groups excluding carboxylic acids is 2. The zero-order valence-electron chi connectivity index (χ0n) is 9.60. The molecule has 0 spiro atoms. The van der Waals surface area contributed by atoms with E-state index in [2.05, 4.69) is 4.74 Å². The number of carbonyl (C=O) groups is 2. The Morgan fingerprint density at radius 3 is 2.69 bits per heavy atom. The van der Waals surface area contributed by atoms with E-state index in [-0.39, 0.29) is 13.2 Å². The van der Waals surface area contributed by atoms with Crippen molar-refractivity contribution in [3.63, 3.8) is 0 Å². The highest BCUT2D eigenvalue weighted by molar-refractivity contribution is 6.01. The minimum absolute atomic E-state index is 0.192. The van der Waals surface area contributed by atoms with Crippen LogP contribution < -0.4 is 5.73 Å². The summed E-state index contributed by atoms with van der Waals surface area (Å²) in [6, 6.07) is -1.28. The van der Waals surface area contributed by atoms with Gasteiger partial charge in [-0.25, -0.2) is 4.79 Å². The van der Waals surface area contributed by atoms with E-state index in [4.69, 9.17) is 5.73 Å². The standard InChI is InChI=1S/C10H18N2O4/c1-3-16-9(14)7(11)8(13)12-5-4-10(2,15)6-12/h7,15H,3-6,11H2,1-2H3. The number of nitrogens with two attached hydrogens (primary N) is 1. The summed E-state index contributed by atoms with van der Waals surface area (Å²) >= 11 is 0. The van der Waals surface area contributed by atoms with Gasteiger partial charge in [0, 0.05) is 13.1 Å². The summed E-state index contributed by atoms with van der Waals surface area (Å²) in [4.78, 5) is 24.4. The van der Waals surface area contributed by atoms with E-state index in [0.717, 1.165) is 0 Å². The normalized spacial score (nSPS) is 26.6. The first-order chi connectivity index (χ1) is 7.37.